The van der Waals surface area contributed by atoms with Crippen LogP contribution in [0.15, 0.2) is 61.3 Å². The van der Waals surface area contributed by atoms with Crippen LogP contribution < -0.4 is 0 Å². The first-order valence-corrected chi connectivity index (χ1v) is 10.5. The number of nitrogens with zero attached hydrogens (tertiary/aromatic N) is 4. The molecule has 1 amide bonds. The van der Waals surface area contributed by atoms with Gasteiger partial charge >= 0.3 is 5.97 Å². The van der Waals surface area contributed by atoms with Crippen LogP contribution in [-0.2, 0) is 9.53 Å². The first kappa shape index (κ1) is 19.4. The predicted octanol–water partition coefficient (Wildman–Crippen LogP) is 3.55. The van der Waals surface area contributed by atoms with Gasteiger partial charge in [0.2, 0.25) is 5.91 Å². The third-order valence-corrected chi connectivity index (χ3v) is 6.03. The highest BCUT2D eigenvalue weighted by Gasteiger charge is 2.35. The van der Waals surface area contributed by atoms with Crippen molar-refractivity contribution in [2.75, 3.05) is 13.1 Å². The molecule has 31 heavy (non-hydrogen) atoms. The van der Waals surface area contributed by atoms with Crippen LogP contribution in [0, 0.1) is 0 Å². The van der Waals surface area contributed by atoms with Gasteiger partial charge in [0.05, 0.1) is 17.7 Å². The fraction of sp³-hybridized carbons (Fsp3) is 0.292. The molecule has 0 radical (unpaired) electrons. The zero-order valence-corrected chi connectivity index (χ0v) is 17.0. The fourth-order valence-corrected chi connectivity index (χ4v) is 4.50. The van der Waals surface area contributed by atoms with Crippen molar-refractivity contribution >= 4 is 11.9 Å². The van der Waals surface area contributed by atoms with Gasteiger partial charge in [-0.15, -0.1) is 0 Å². The number of aromatic nitrogens is 3. The Hall–Kier alpha value is -3.61. The van der Waals surface area contributed by atoms with Gasteiger partial charge in [0, 0.05) is 48.7 Å². The average molecular weight is 414 g/mol. The van der Waals surface area contributed by atoms with E-state index in [2.05, 4.69) is 15.0 Å². The lowest BCUT2D eigenvalue weighted by Gasteiger charge is -2.33. The number of carbonyl (C=O) groups is 2. The molecule has 2 atom stereocenters. The summed E-state index contributed by atoms with van der Waals surface area (Å²) in [7, 11) is 0. The number of amides is 1. The van der Waals surface area contributed by atoms with Crippen molar-refractivity contribution in [2.45, 2.75) is 31.3 Å². The molecule has 3 aromatic rings. The van der Waals surface area contributed by atoms with E-state index in [1.807, 2.05) is 41.4 Å². The summed E-state index contributed by atoms with van der Waals surface area (Å²) < 4.78 is 5.47. The Bertz CT molecular complexity index is 1120. The Balaban J connectivity index is 1.33. The number of benzene rings is 1. The summed E-state index contributed by atoms with van der Waals surface area (Å²) >= 11 is 0. The van der Waals surface area contributed by atoms with Crippen molar-refractivity contribution in [3.8, 4) is 11.1 Å². The highest BCUT2D eigenvalue weighted by atomic mass is 16.5. The van der Waals surface area contributed by atoms with Gasteiger partial charge < -0.3 is 9.64 Å². The van der Waals surface area contributed by atoms with E-state index in [-0.39, 0.29) is 24.2 Å². The second kappa shape index (κ2) is 8.26. The molecule has 0 saturated carbocycles. The molecule has 7 nitrogen and oxygen atoms in total. The summed E-state index contributed by atoms with van der Waals surface area (Å²) in [6, 6.07) is 11.2. The molecular weight excluding hydrogens is 392 g/mol. The molecule has 2 aromatic heterocycles. The minimum Gasteiger partial charge on any atom is -0.453 e. The van der Waals surface area contributed by atoms with E-state index in [0.717, 1.165) is 35.2 Å². The van der Waals surface area contributed by atoms with Gasteiger partial charge in [0.1, 0.15) is 12.4 Å². The summed E-state index contributed by atoms with van der Waals surface area (Å²) in [6.07, 6.45) is 8.41. The van der Waals surface area contributed by atoms with Crippen molar-refractivity contribution in [1.29, 1.82) is 0 Å². The molecule has 5 rings (SSSR count). The van der Waals surface area contributed by atoms with Crippen LogP contribution >= 0.6 is 0 Å². The molecule has 0 bridgehead atoms. The SMILES string of the molecule is O=C1O[C@@H](CC(=O)N2CCC[C@H](c3ncncc3-c3ccncc3)C2)c2ccccc21. The molecule has 7 heteroatoms. The van der Waals surface area contributed by atoms with E-state index in [0.29, 0.717) is 18.7 Å². The third kappa shape index (κ3) is 3.79. The third-order valence-electron chi connectivity index (χ3n) is 6.03. The molecule has 2 aliphatic rings. The Morgan fingerprint density at radius 3 is 2.81 bits per heavy atom. The number of likely N-dealkylation sites (tertiary alicyclic amines) is 1. The average Bonchev–Trinajstić information content (AvgIpc) is 3.15. The maximum Gasteiger partial charge on any atom is 0.339 e. The number of fused-ring (bicyclic) bond motifs is 1. The number of cyclic esters (lactones) is 1. The molecule has 156 valence electrons. The van der Waals surface area contributed by atoms with E-state index >= 15 is 0 Å². The first-order valence-electron chi connectivity index (χ1n) is 10.5. The van der Waals surface area contributed by atoms with Crippen LogP contribution in [0.4, 0.5) is 0 Å². The maximum atomic E-state index is 13.1. The number of piperidine rings is 1. The van der Waals surface area contributed by atoms with Gasteiger partial charge in [-0.05, 0) is 36.6 Å². The van der Waals surface area contributed by atoms with Crippen LogP contribution in [0.3, 0.4) is 0 Å². The number of esters is 1. The lowest BCUT2D eigenvalue weighted by Crippen LogP contribution is -2.40. The van der Waals surface area contributed by atoms with Crippen LogP contribution in [0.25, 0.3) is 11.1 Å². The normalized spacial score (nSPS) is 20.3. The van der Waals surface area contributed by atoms with Crippen LogP contribution in [0.2, 0.25) is 0 Å². The summed E-state index contributed by atoms with van der Waals surface area (Å²) in [5.74, 6) is -0.228. The molecular formula is C24H22N4O3. The Morgan fingerprint density at radius 2 is 1.94 bits per heavy atom. The molecule has 4 heterocycles. The van der Waals surface area contributed by atoms with E-state index < -0.39 is 6.10 Å². The number of carbonyl (C=O) groups excluding carboxylic acids is 2. The molecule has 0 unspecified atom stereocenters. The monoisotopic (exact) mass is 414 g/mol. The van der Waals surface area contributed by atoms with Crippen molar-refractivity contribution in [3.05, 3.63) is 78.1 Å². The maximum absolute atomic E-state index is 13.1. The van der Waals surface area contributed by atoms with Gasteiger partial charge in [-0.2, -0.15) is 0 Å². The number of ether oxygens (including phenoxy) is 1. The second-order valence-corrected chi connectivity index (χ2v) is 7.92. The standard InChI is InChI=1S/C24H22N4O3/c29-22(12-21-18-5-1-2-6-19(18)24(30)31-21)28-11-3-4-17(14-28)23-20(13-26-15-27-23)16-7-9-25-10-8-16/h1-2,5-10,13,15,17,21H,3-4,11-12,14H2/t17-,21-/m0/s1. The molecule has 2 aliphatic heterocycles. The van der Waals surface area contributed by atoms with Crippen LogP contribution in [0.5, 0.6) is 0 Å². The Morgan fingerprint density at radius 1 is 1.10 bits per heavy atom. The van der Waals surface area contributed by atoms with Gasteiger partial charge in [-0.3, -0.25) is 9.78 Å². The van der Waals surface area contributed by atoms with E-state index in [4.69, 9.17) is 4.74 Å². The zero-order chi connectivity index (χ0) is 21.2. The summed E-state index contributed by atoms with van der Waals surface area (Å²) in [5, 5.41) is 0. The topological polar surface area (TPSA) is 85.3 Å². The largest absolute Gasteiger partial charge is 0.453 e. The molecule has 1 saturated heterocycles. The quantitative estimate of drug-likeness (QED) is 0.607. The number of rotatable bonds is 4. The van der Waals surface area contributed by atoms with Crippen molar-refractivity contribution in [2.24, 2.45) is 0 Å². The van der Waals surface area contributed by atoms with E-state index in [1.54, 1.807) is 24.8 Å². The fourth-order valence-electron chi connectivity index (χ4n) is 4.50. The molecule has 0 N–H and O–H groups in total. The van der Waals surface area contributed by atoms with Gasteiger partial charge in [0.25, 0.3) is 0 Å². The minimum absolute atomic E-state index is 0.00118. The second-order valence-electron chi connectivity index (χ2n) is 7.92. The predicted molar refractivity (Wildman–Crippen MR) is 113 cm³/mol. The molecule has 0 spiro atoms. The lowest BCUT2D eigenvalue weighted by atomic mass is 9.90. The van der Waals surface area contributed by atoms with E-state index in [9.17, 15) is 9.59 Å². The van der Waals surface area contributed by atoms with E-state index in [1.165, 1.54) is 0 Å². The summed E-state index contributed by atoms with van der Waals surface area (Å²) in [5.41, 5.74) is 4.30. The highest BCUT2D eigenvalue weighted by Crippen LogP contribution is 2.35. The van der Waals surface area contributed by atoms with Crippen molar-refractivity contribution in [3.63, 3.8) is 0 Å². The van der Waals surface area contributed by atoms with Gasteiger partial charge in [-0.1, -0.05) is 18.2 Å². The molecule has 1 aromatic carbocycles. The summed E-state index contributed by atoms with van der Waals surface area (Å²) in [6.45, 7) is 1.30. The Kier molecular flexibility index (Phi) is 5.16. The van der Waals surface area contributed by atoms with Gasteiger partial charge in [-0.25, -0.2) is 14.8 Å². The van der Waals surface area contributed by atoms with Crippen LogP contribution in [0.1, 0.15) is 52.9 Å². The summed E-state index contributed by atoms with van der Waals surface area (Å²) in [4.78, 5) is 39.9. The van der Waals surface area contributed by atoms with Crippen LogP contribution in [-0.4, -0.2) is 44.8 Å². The van der Waals surface area contributed by atoms with Crippen molar-refractivity contribution < 1.29 is 14.3 Å². The zero-order valence-electron chi connectivity index (χ0n) is 17.0. The van der Waals surface area contributed by atoms with Gasteiger partial charge in [0.15, 0.2) is 0 Å². The number of pyridine rings is 1. The van der Waals surface area contributed by atoms with Crippen molar-refractivity contribution in [1.82, 2.24) is 19.9 Å². The highest BCUT2D eigenvalue weighted by molar-refractivity contribution is 5.94. The lowest BCUT2D eigenvalue weighted by molar-refractivity contribution is -0.134. The molecule has 1 fully saturated rings. The smallest absolute Gasteiger partial charge is 0.339 e. The molecule has 0 aliphatic carbocycles. The first-order chi connectivity index (χ1) is 15.2. The number of hydrogen-bond acceptors (Lipinski definition) is 6. The minimum atomic E-state index is -0.511. The Labute approximate surface area is 180 Å². The number of hydrogen-bond donors (Lipinski definition) is 0.